The van der Waals surface area contributed by atoms with Gasteiger partial charge in [-0.3, -0.25) is 9.88 Å². The number of nitrogens with zero attached hydrogens (tertiary/aromatic N) is 4. The molecule has 0 radical (unpaired) electrons. The van der Waals surface area contributed by atoms with Gasteiger partial charge >= 0.3 is 0 Å². The van der Waals surface area contributed by atoms with Crippen LogP contribution in [-0.2, 0) is 6.54 Å². The molecule has 0 unspecified atom stereocenters. The van der Waals surface area contributed by atoms with E-state index in [4.69, 9.17) is 9.26 Å². The third-order valence-corrected chi connectivity index (χ3v) is 5.27. The van der Waals surface area contributed by atoms with Gasteiger partial charge in [0.2, 0.25) is 0 Å². The molecule has 4 rings (SSSR count). The molecule has 2 aromatic heterocycles. The number of rotatable bonds is 5. The number of methoxy groups -OCH3 is 1. The zero-order valence-corrected chi connectivity index (χ0v) is 16.6. The van der Waals surface area contributed by atoms with Gasteiger partial charge < -0.3 is 14.2 Å². The molecule has 1 aliphatic heterocycles. The minimum Gasteiger partial charge on any atom is -0.495 e. The Labute approximate surface area is 165 Å². The SMILES string of the molecule is COc1ccccc1N1CCN(Cc2cc(-c3ccncc3)no2)CC1(C)C. The lowest BCUT2D eigenvalue weighted by Crippen LogP contribution is -2.59. The van der Waals surface area contributed by atoms with E-state index in [1.165, 1.54) is 0 Å². The quantitative estimate of drug-likeness (QED) is 0.672. The number of benzene rings is 1. The van der Waals surface area contributed by atoms with Gasteiger partial charge in [-0.15, -0.1) is 0 Å². The van der Waals surface area contributed by atoms with Gasteiger partial charge in [-0.05, 0) is 38.1 Å². The van der Waals surface area contributed by atoms with Gasteiger partial charge in [0.1, 0.15) is 11.4 Å². The van der Waals surface area contributed by atoms with Crippen molar-refractivity contribution in [3.8, 4) is 17.0 Å². The van der Waals surface area contributed by atoms with E-state index in [0.29, 0.717) is 0 Å². The van der Waals surface area contributed by atoms with E-state index in [1.54, 1.807) is 19.5 Å². The van der Waals surface area contributed by atoms with Gasteiger partial charge in [-0.1, -0.05) is 17.3 Å². The normalized spacial score (nSPS) is 16.9. The number of pyridine rings is 1. The van der Waals surface area contributed by atoms with Gasteiger partial charge in [0.05, 0.1) is 19.3 Å². The fourth-order valence-corrected chi connectivity index (χ4v) is 3.96. The standard InChI is InChI=1S/C22H26N4O2/c1-22(2)16-25(12-13-26(22)20-6-4-5-7-21(20)27-3)15-18-14-19(24-28-18)17-8-10-23-11-9-17/h4-11,14H,12-13,15-16H2,1-3H3. The van der Waals surface area contributed by atoms with Crippen LogP contribution in [0.5, 0.6) is 5.75 Å². The van der Waals surface area contributed by atoms with Crippen LogP contribution in [-0.4, -0.2) is 47.3 Å². The summed E-state index contributed by atoms with van der Waals surface area (Å²) in [6, 6.07) is 14.1. The van der Waals surface area contributed by atoms with Crippen LogP contribution in [0, 0.1) is 0 Å². The summed E-state index contributed by atoms with van der Waals surface area (Å²) in [5.41, 5.74) is 2.99. The molecule has 6 nitrogen and oxygen atoms in total. The Kier molecular flexibility index (Phi) is 5.05. The molecular weight excluding hydrogens is 352 g/mol. The summed E-state index contributed by atoms with van der Waals surface area (Å²) in [5, 5.41) is 4.22. The average molecular weight is 378 g/mol. The van der Waals surface area contributed by atoms with E-state index in [1.807, 2.05) is 30.3 Å². The Morgan fingerprint density at radius 3 is 2.64 bits per heavy atom. The lowest BCUT2D eigenvalue weighted by Gasteiger charge is -2.48. The van der Waals surface area contributed by atoms with Crippen LogP contribution in [0.15, 0.2) is 59.4 Å². The summed E-state index contributed by atoms with van der Waals surface area (Å²) in [5.74, 6) is 1.80. The highest BCUT2D eigenvalue weighted by Gasteiger charge is 2.35. The minimum absolute atomic E-state index is 0.0270. The zero-order chi connectivity index (χ0) is 19.6. The molecule has 1 aromatic carbocycles. The average Bonchev–Trinajstić information content (AvgIpc) is 3.16. The van der Waals surface area contributed by atoms with Crippen LogP contribution in [0.25, 0.3) is 11.3 Å². The molecule has 3 heterocycles. The fraction of sp³-hybridized carbons (Fsp3) is 0.364. The number of para-hydroxylation sites is 2. The summed E-state index contributed by atoms with van der Waals surface area (Å²) >= 11 is 0. The predicted molar refractivity (Wildman–Crippen MR) is 109 cm³/mol. The molecule has 0 atom stereocenters. The zero-order valence-electron chi connectivity index (χ0n) is 16.6. The maximum absolute atomic E-state index is 5.59. The Morgan fingerprint density at radius 1 is 1.11 bits per heavy atom. The smallest absolute Gasteiger partial charge is 0.151 e. The van der Waals surface area contributed by atoms with Crippen LogP contribution in [0.1, 0.15) is 19.6 Å². The Hall–Kier alpha value is -2.86. The third kappa shape index (κ3) is 3.73. The van der Waals surface area contributed by atoms with Crippen LogP contribution < -0.4 is 9.64 Å². The number of hydrogen-bond donors (Lipinski definition) is 0. The highest BCUT2D eigenvalue weighted by Crippen LogP contribution is 2.35. The van der Waals surface area contributed by atoms with Crippen LogP contribution in [0.2, 0.25) is 0 Å². The number of hydrogen-bond acceptors (Lipinski definition) is 6. The summed E-state index contributed by atoms with van der Waals surface area (Å²) in [4.78, 5) is 8.91. The topological polar surface area (TPSA) is 54.6 Å². The Morgan fingerprint density at radius 2 is 1.89 bits per heavy atom. The van der Waals surface area contributed by atoms with E-state index in [9.17, 15) is 0 Å². The van der Waals surface area contributed by atoms with Gasteiger partial charge in [0, 0.05) is 49.2 Å². The molecule has 0 bridgehead atoms. The van der Waals surface area contributed by atoms with Crippen molar-refractivity contribution >= 4 is 5.69 Å². The second kappa shape index (κ2) is 7.64. The summed E-state index contributed by atoms with van der Waals surface area (Å²) in [6.45, 7) is 8.10. The summed E-state index contributed by atoms with van der Waals surface area (Å²) in [6.07, 6.45) is 3.53. The number of ether oxygens (including phenoxy) is 1. The largest absolute Gasteiger partial charge is 0.495 e. The van der Waals surface area contributed by atoms with E-state index in [2.05, 4.69) is 45.9 Å². The monoisotopic (exact) mass is 378 g/mol. The number of piperazine rings is 1. The molecular formula is C22H26N4O2. The predicted octanol–water partition coefficient (Wildman–Crippen LogP) is 3.85. The van der Waals surface area contributed by atoms with Crippen molar-refractivity contribution in [3.63, 3.8) is 0 Å². The van der Waals surface area contributed by atoms with E-state index >= 15 is 0 Å². The maximum Gasteiger partial charge on any atom is 0.151 e. The van der Waals surface area contributed by atoms with Crippen molar-refractivity contribution in [2.24, 2.45) is 0 Å². The first-order valence-corrected chi connectivity index (χ1v) is 9.56. The summed E-state index contributed by atoms with van der Waals surface area (Å²) in [7, 11) is 1.73. The molecule has 28 heavy (non-hydrogen) atoms. The van der Waals surface area contributed by atoms with Crippen molar-refractivity contribution in [1.82, 2.24) is 15.0 Å². The lowest BCUT2D eigenvalue weighted by molar-refractivity contribution is 0.159. The van der Waals surface area contributed by atoms with Crippen LogP contribution in [0.4, 0.5) is 5.69 Å². The molecule has 146 valence electrons. The Balaban J connectivity index is 1.46. The van der Waals surface area contributed by atoms with E-state index < -0.39 is 0 Å². The molecule has 1 saturated heterocycles. The molecule has 0 N–H and O–H groups in total. The fourth-order valence-electron chi connectivity index (χ4n) is 3.96. The third-order valence-electron chi connectivity index (χ3n) is 5.27. The maximum atomic E-state index is 5.59. The molecule has 3 aromatic rings. The first kappa shape index (κ1) is 18.5. The molecule has 1 fully saturated rings. The molecule has 0 amide bonds. The molecule has 0 spiro atoms. The second-order valence-electron chi connectivity index (χ2n) is 7.76. The Bertz CT molecular complexity index is 923. The molecule has 0 saturated carbocycles. The van der Waals surface area contributed by atoms with Crippen LogP contribution >= 0.6 is 0 Å². The number of aromatic nitrogens is 2. The van der Waals surface area contributed by atoms with Gasteiger partial charge in [0.15, 0.2) is 5.76 Å². The lowest BCUT2D eigenvalue weighted by atomic mass is 9.97. The molecule has 0 aliphatic carbocycles. The number of anilines is 1. The second-order valence-corrected chi connectivity index (χ2v) is 7.76. The highest BCUT2D eigenvalue weighted by atomic mass is 16.5. The van der Waals surface area contributed by atoms with Crippen molar-refractivity contribution in [1.29, 1.82) is 0 Å². The first-order valence-electron chi connectivity index (χ1n) is 9.56. The van der Waals surface area contributed by atoms with Gasteiger partial charge in [-0.25, -0.2) is 0 Å². The van der Waals surface area contributed by atoms with Crippen molar-refractivity contribution in [2.45, 2.75) is 25.9 Å². The van der Waals surface area contributed by atoms with Crippen LogP contribution in [0.3, 0.4) is 0 Å². The highest BCUT2D eigenvalue weighted by molar-refractivity contribution is 5.60. The molecule has 1 aliphatic rings. The van der Waals surface area contributed by atoms with E-state index in [0.717, 1.165) is 54.6 Å². The first-order chi connectivity index (χ1) is 13.6. The summed E-state index contributed by atoms with van der Waals surface area (Å²) < 4.78 is 11.2. The molecule has 6 heteroatoms. The van der Waals surface area contributed by atoms with E-state index in [-0.39, 0.29) is 5.54 Å². The van der Waals surface area contributed by atoms with Crippen molar-refractivity contribution in [2.75, 3.05) is 31.6 Å². The van der Waals surface area contributed by atoms with Crippen molar-refractivity contribution in [3.05, 3.63) is 60.6 Å². The van der Waals surface area contributed by atoms with Gasteiger partial charge in [-0.2, -0.15) is 0 Å². The van der Waals surface area contributed by atoms with Gasteiger partial charge in [0.25, 0.3) is 0 Å². The van der Waals surface area contributed by atoms with Crippen molar-refractivity contribution < 1.29 is 9.26 Å². The minimum atomic E-state index is -0.0270.